The quantitative estimate of drug-likeness (QED) is 0.802. The molecule has 2 aliphatic rings. The highest BCUT2D eigenvalue weighted by Gasteiger charge is 2.46. The van der Waals surface area contributed by atoms with Crippen LogP contribution in [0, 0.1) is 11.3 Å². The van der Waals surface area contributed by atoms with E-state index in [2.05, 4.69) is 5.32 Å². The van der Waals surface area contributed by atoms with E-state index in [0.29, 0.717) is 25.8 Å². The number of rotatable bonds is 6. The number of carboxylic acids is 1. The molecule has 0 radical (unpaired) electrons. The van der Waals surface area contributed by atoms with Crippen LogP contribution in [0.4, 0.5) is 5.69 Å². The van der Waals surface area contributed by atoms with E-state index in [9.17, 15) is 19.5 Å². The van der Waals surface area contributed by atoms with Crippen molar-refractivity contribution in [2.45, 2.75) is 25.7 Å². The van der Waals surface area contributed by atoms with Gasteiger partial charge in [0.1, 0.15) is 5.41 Å². The second-order valence-electron chi connectivity index (χ2n) is 7.17. The largest absolute Gasteiger partial charge is 0.481 e. The molecule has 0 bridgehead atoms. The molecule has 0 aromatic heterocycles. The molecule has 140 valence electrons. The zero-order chi connectivity index (χ0) is 18.7. The molecular weight excluding hydrogens is 336 g/mol. The molecule has 2 heterocycles. The first kappa shape index (κ1) is 18.4. The lowest BCUT2D eigenvalue weighted by atomic mass is 9.88. The average molecular weight is 360 g/mol. The van der Waals surface area contributed by atoms with Gasteiger partial charge in [0.15, 0.2) is 0 Å². The number of carbonyl (C=O) groups excluding carboxylic acids is 2. The van der Waals surface area contributed by atoms with Gasteiger partial charge in [-0.1, -0.05) is 18.2 Å². The van der Waals surface area contributed by atoms with E-state index in [0.717, 1.165) is 11.3 Å². The predicted molar refractivity (Wildman–Crippen MR) is 94.6 cm³/mol. The summed E-state index contributed by atoms with van der Waals surface area (Å²) >= 11 is 0. The predicted octanol–water partition coefficient (Wildman–Crippen LogP) is 1.53. The van der Waals surface area contributed by atoms with Crippen molar-refractivity contribution in [3.63, 3.8) is 0 Å². The number of aliphatic carboxylic acids is 1. The summed E-state index contributed by atoms with van der Waals surface area (Å²) in [6, 6.07) is 7.67. The SMILES string of the molecule is COCC1(C(=O)O)CCN(C(=O)CCC2Cc3ccccc3NC2=O)C1. The van der Waals surface area contributed by atoms with Crippen LogP contribution in [0.25, 0.3) is 0 Å². The fourth-order valence-electron chi connectivity index (χ4n) is 3.82. The first-order chi connectivity index (χ1) is 12.4. The molecule has 2 unspecified atom stereocenters. The number of likely N-dealkylation sites (tertiary alicyclic amines) is 1. The van der Waals surface area contributed by atoms with Crippen LogP contribution in [0.3, 0.4) is 0 Å². The molecule has 1 saturated heterocycles. The average Bonchev–Trinajstić information content (AvgIpc) is 3.06. The van der Waals surface area contributed by atoms with Gasteiger partial charge in [0.2, 0.25) is 11.8 Å². The third-order valence-corrected chi connectivity index (χ3v) is 5.40. The second-order valence-corrected chi connectivity index (χ2v) is 7.17. The summed E-state index contributed by atoms with van der Waals surface area (Å²) in [6.45, 7) is 0.664. The van der Waals surface area contributed by atoms with Crippen molar-refractivity contribution in [1.29, 1.82) is 0 Å². The molecule has 1 aromatic carbocycles. The monoisotopic (exact) mass is 360 g/mol. The molecule has 2 atom stereocenters. The van der Waals surface area contributed by atoms with Crippen LogP contribution in [0.15, 0.2) is 24.3 Å². The summed E-state index contributed by atoms with van der Waals surface area (Å²) in [4.78, 5) is 37.9. The van der Waals surface area contributed by atoms with Crippen LogP contribution in [0.1, 0.15) is 24.8 Å². The van der Waals surface area contributed by atoms with E-state index in [-0.39, 0.29) is 37.3 Å². The minimum absolute atomic E-state index is 0.0582. The van der Waals surface area contributed by atoms with Crippen LogP contribution >= 0.6 is 0 Å². The van der Waals surface area contributed by atoms with Crippen molar-refractivity contribution in [2.75, 3.05) is 32.1 Å². The third kappa shape index (κ3) is 3.58. The van der Waals surface area contributed by atoms with Gasteiger partial charge < -0.3 is 20.1 Å². The van der Waals surface area contributed by atoms with Gasteiger partial charge in [0, 0.05) is 38.2 Å². The van der Waals surface area contributed by atoms with E-state index in [1.165, 1.54) is 7.11 Å². The van der Waals surface area contributed by atoms with Crippen LogP contribution in [0.5, 0.6) is 0 Å². The molecular formula is C19H24N2O5. The number of ether oxygens (including phenoxy) is 1. The number of anilines is 1. The Morgan fingerprint density at radius 1 is 1.38 bits per heavy atom. The summed E-state index contributed by atoms with van der Waals surface area (Å²) in [5.41, 5.74) is 0.895. The van der Waals surface area contributed by atoms with Crippen molar-refractivity contribution in [2.24, 2.45) is 11.3 Å². The Morgan fingerprint density at radius 3 is 2.88 bits per heavy atom. The number of nitrogens with one attached hydrogen (secondary N) is 1. The number of hydrogen-bond donors (Lipinski definition) is 2. The lowest BCUT2D eigenvalue weighted by Gasteiger charge is -2.26. The van der Waals surface area contributed by atoms with Crippen molar-refractivity contribution in [1.82, 2.24) is 4.90 Å². The Hall–Kier alpha value is -2.41. The standard InChI is InChI=1S/C19H24N2O5/c1-26-12-19(18(24)25)8-9-21(11-19)16(22)7-6-14-10-13-4-2-3-5-15(13)20-17(14)23/h2-5,14H,6-12H2,1H3,(H,20,23)(H,24,25). The van der Waals surface area contributed by atoms with Crippen LogP contribution in [-0.4, -0.2) is 54.6 Å². The first-order valence-electron chi connectivity index (χ1n) is 8.84. The Labute approximate surface area is 152 Å². The molecule has 1 aromatic rings. The van der Waals surface area contributed by atoms with Crippen molar-refractivity contribution in [3.05, 3.63) is 29.8 Å². The topological polar surface area (TPSA) is 95.9 Å². The van der Waals surface area contributed by atoms with Crippen LogP contribution < -0.4 is 5.32 Å². The Balaban J connectivity index is 1.56. The Morgan fingerprint density at radius 2 is 2.15 bits per heavy atom. The number of para-hydroxylation sites is 1. The highest BCUT2D eigenvalue weighted by Crippen LogP contribution is 2.32. The number of amides is 2. The molecule has 0 aliphatic carbocycles. The number of hydrogen-bond acceptors (Lipinski definition) is 4. The normalized spacial score (nSPS) is 24.9. The van der Waals surface area contributed by atoms with Crippen LogP contribution in [-0.2, 0) is 25.5 Å². The number of carboxylic acid groups (broad SMARTS) is 1. The number of fused-ring (bicyclic) bond motifs is 1. The van der Waals surface area contributed by atoms with Gasteiger partial charge in [-0.2, -0.15) is 0 Å². The van der Waals surface area contributed by atoms with E-state index in [1.54, 1.807) is 4.90 Å². The highest BCUT2D eigenvalue weighted by atomic mass is 16.5. The molecule has 0 saturated carbocycles. The zero-order valence-electron chi connectivity index (χ0n) is 14.9. The molecule has 1 fully saturated rings. The van der Waals surface area contributed by atoms with E-state index >= 15 is 0 Å². The maximum atomic E-state index is 12.5. The smallest absolute Gasteiger partial charge is 0.313 e. The summed E-state index contributed by atoms with van der Waals surface area (Å²) in [7, 11) is 1.47. The number of carbonyl (C=O) groups is 3. The van der Waals surface area contributed by atoms with Gasteiger partial charge in [0.25, 0.3) is 0 Å². The molecule has 3 rings (SSSR count). The highest BCUT2D eigenvalue weighted by molar-refractivity contribution is 5.96. The number of benzene rings is 1. The summed E-state index contributed by atoms with van der Waals surface area (Å²) in [6.07, 6.45) is 1.71. The summed E-state index contributed by atoms with van der Waals surface area (Å²) in [5, 5.41) is 12.4. The van der Waals surface area contributed by atoms with Gasteiger partial charge >= 0.3 is 5.97 Å². The summed E-state index contributed by atoms with van der Waals surface area (Å²) in [5.74, 6) is -1.33. The van der Waals surface area contributed by atoms with Crippen molar-refractivity contribution in [3.8, 4) is 0 Å². The minimum atomic E-state index is -1.02. The number of methoxy groups -OCH3 is 1. The lowest BCUT2D eigenvalue weighted by Crippen LogP contribution is -2.40. The van der Waals surface area contributed by atoms with E-state index < -0.39 is 11.4 Å². The summed E-state index contributed by atoms with van der Waals surface area (Å²) < 4.78 is 5.05. The first-order valence-corrected chi connectivity index (χ1v) is 8.84. The lowest BCUT2D eigenvalue weighted by molar-refractivity contribution is -0.151. The Bertz CT molecular complexity index is 720. The minimum Gasteiger partial charge on any atom is -0.481 e. The van der Waals surface area contributed by atoms with Crippen molar-refractivity contribution < 1.29 is 24.2 Å². The third-order valence-electron chi connectivity index (χ3n) is 5.40. The number of nitrogens with zero attached hydrogens (tertiary/aromatic N) is 1. The molecule has 2 aliphatic heterocycles. The van der Waals surface area contributed by atoms with Gasteiger partial charge in [0.05, 0.1) is 6.61 Å². The molecule has 2 amide bonds. The molecule has 7 heteroatoms. The fourth-order valence-corrected chi connectivity index (χ4v) is 3.82. The zero-order valence-corrected chi connectivity index (χ0v) is 14.9. The second kappa shape index (κ2) is 7.45. The Kier molecular flexibility index (Phi) is 5.27. The van der Waals surface area contributed by atoms with E-state index in [4.69, 9.17) is 4.74 Å². The van der Waals surface area contributed by atoms with Gasteiger partial charge in [-0.25, -0.2) is 0 Å². The van der Waals surface area contributed by atoms with Gasteiger partial charge in [-0.3, -0.25) is 14.4 Å². The molecule has 0 spiro atoms. The van der Waals surface area contributed by atoms with Crippen molar-refractivity contribution >= 4 is 23.5 Å². The van der Waals surface area contributed by atoms with Gasteiger partial charge in [-0.15, -0.1) is 0 Å². The molecule has 26 heavy (non-hydrogen) atoms. The van der Waals surface area contributed by atoms with E-state index in [1.807, 2.05) is 24.3 Å². The van der Waals surface area contributed by atoms with Crippen LogP contribution in [0.2, 0.25) is 0 Å². The maximum absolute atomic E-state index is 12.5. The maximum Gasteiger partial charge on any atom is 0.313 e. The molecule has 2 N–H and O–H groups in total. The fraction of sp³-hybridized carbons (Fsp3) is 0.526. The molecule has 7 nitrogen and oxygen atoms in total. The van der Waals surface area contributed by atoms with Gasteiger partial charge in [-0.05, 0) is 30.9 Å².